The van der Waals surface area contributed by atoms with Gasteiger partial charge in [-0.1, -0.05) is 54.5 Å². The molecule has 6 nitrogen and oxygen atoms in total. The van der Waals surface area contributed by atoms with Crippen molar-refractivity contribution in [3.05, 3.63) is 12.3 Å². The molecule has 1 heterocycles. The SMILES string of the molecule is CCCCCCN(CC(=O)Nc1ccon1)C(=O)C(Cl)Cl. The normalized spacial score (nSPS) is 10.7. The van der Waals surface area contributed by atoms with Crippen molar-refractivity contribution < 1.29 is 14.1 Å². The number of nitrogens with zero attached hydrogens (tertiary/aromatic N) is 2. The number of hydrogen-bond acceptors (Lipinski definition) is 4. The lowest BCUT2D eigenvalue weighted by Crippen LogP contribution is -2.41. The minimum absolute atomic E-state index is 0.117. The van der Waals surface area contributed by atoms with Gasteiger partial charge in [0.15, 0.2) is 10.7 Å². The second-order valence-corrected chi connectivity index (χ2v) is 5.65. The molecular formula is C13H19Cl2N3O3. The van der Waals surface area contributed by atoms with Crippen LogP contribution in [0, 0.1) is 0 Å². The Bertz CT molecular complexity index is 438. The third kappa shape index (κ3) is 6.82. The quantitative estimate of drug-likeness (QED) is 0.556. The van der Waals surface area contributed by atoms with Gasteiger partial charge in [0.25, 0.3) is 5.91 Å². The molecule has 0 radical (unpaired) electrons. The number of nitrogens with one attached hydrogen (secondary N) is 1. The van der Waals surface area contributed by atoms with E-state index in [-0.39, 0.29) is 12.5 Å². The maximum atomic E-state index is 11.9. The fourth-order valence-electron chi connectivity index (χ4n) is 1.77. The van der Waals surface area contributed by atoms with Gasteiger partial charge in [0, 0.05) is 12.6 Å². The van der Waals surface area contributed by atoms with Crippen LogP contribution in [0.1, 0.15) is 32.6 Å². The van der Waals surface area contributed by atoms with Gasteiger partial charge in [-0.25, -0.2) is 0 Å². The summed E-state index contributed by atoms with van der Waals surface area (Å²) < 4.78 is 4.61. The van der Waals surface area contributed by atoms with Gasteiger partial charge in [0.05, 0.1) is 6.54 Å². The van der Waals surface area contributed by atoms with Crippen LogP contribution in [0.5, 0.6) is 0 Å². The van der Waals surface area contributed by atoms with Gasteiger partial charge in [0.1, 0.15) is 6.26 Å². The molecular weight excluding hydrogens is 317 g/mol. The summed E-state index contributed by atoms with van der Waals surface area (Å²) in [6.45, 7) is 2.43. The lowest BCUT2D eigenvalue weighted by Gasteiger charge is -2.22. The number of anilines is 1. The highest BCUT2D eigenvalue weighted by molar-refractivity contribution is 6.53. The molecule has 1 rings (SSSR count). The third-order valence-electron chi connectivity index (χ3n) is 2.82. The fourth-order valence-corrected chi connectivity index (χ4v) is 2.04. The molecule has 1 aromatic rings. The molecule has 0 aliphatic rings. The molecule has 0 saturated carbocycles. The number of unbranched alkanes of at least 4 members (excludes halogenated alkanes) is 3. The van der Waals surface area contributed by atoms with Crippen LogP contribution in [0.2, 0.25) is 0 Å². The number of rotatable bonds is 9. The lowest BCUT2D eigenvalue weighted by atomic mass is 10.2. The zero-order valence-corrected chi connectivity index (χ0v) is 13.4. The van der Waals surface area contributed by atoms with E-state index in [0.29, 0.717) is 12.4 Å². The van der Waals surface area contributed by atoms with Crippen LogP contribution in [0.3, 0.4) is 0 Å². The molecule has 8 heteroatoms. The Morgan fingerprint density at radius 2 is 2.14 bits per heavy atom. The predicted octanol–water partition coefficient (Wildman–Crippen LogP) is 2.83. The second-order valence-electron chi connectivity index (χ2n) is 4.55. The highest BCUT2D eigenvalue weighted by atomic mass is 35.5. The number of carbonyl (C=O) groups excluding carboxylic acids is 2. The van der Waals surface area contributed by atoms with Gasteiger partial charge in [-0.3, -0.25) is 9.59 Å². The predicted molar refractivity (Wildman–Crippen MR) is 81.3 cm³/mol. The highest BCUT2D eigenvalue weighted by Crippen LogP contribution is 2.10. The van der Waals surface area contributed by atoms with Gasteiger partial charge in [-0.15, -0.1) is 0 Å². The summed E-state index contributed by atoms with van der Waals surface area (Å²) >= 11 is 11.2. The molecule has 118 valence electrons. The largest absolute Gasteiger partial charge is 0.363 e. The molecule has 0 aromatic carbocycles. The maximum absolute atomic E-state index is 11.9. The van der Waals surface area contributed by atoms with E-state index in [4.69, 9.17) is 23.2 Å². The van der Waals surface area contributed by atoms with Crippen molar-refractivity contribution in [2.75, 3.05) is 18.4 Å². The molecule has 2 amide bonds. The van der Waals surface area contributed by atoms with Crippen molar-refractivity contribution in [3.8, 4) is 0 Å². The molecule has 0 aliphatic heterocycles. The highest BCUT2D eigenvalue weighted by Gasteiger charge is 2.22. The van der Waals surface area contributed by atoms with Gasteiger partial charge in [-0.2, -0.15) is 0 Å². The Morgan fingerprint density at radius 3 is 2.71 bits per heavy atom. The first-order valence-electron chi connectivity index (χ1n) is 6.81. The smallest absolute Gasteiger partial charge is 0.256 e. The summed E-state index contributed by atoms with van der Waals surface area (Å²) in [5, 5.41) is 6.09. The molecule has 0 aliphatic carbocycles. The monoisotopic (exact) mass is 335 g/mol. The molecule has 0 unspecified atom stereocenters. The van der Waals surface area contributed by atoms with E-state index in [1.54, 1.807) is 0 Å². The summed E-state index contributed by atoms with van der Waals surface area (Å²) in [6.07, 6.45) is 5.31. The van der Waals surface area contributed by atoms with Crippen molar-refractivity contribution in [2.45, 2.75) is 37.4 Å². The Balaban J connectivity index is 2.50. The first-order chi connectivity index (χ1) is 10.0. The van der Waals surface area contributed by atoms with Crippen molar-refractivity contribution >= 4 is 40.8 Å². The minimum atomic E-state index is -1.17. The zero-order chi connectivity index (χ0) is 15.7. The number of halogens is 2. The summed E-state index contributed by atoms with van der Waals surface area (Å²) in [5.41, 5.74) is 0. The number of aromatic nitrogens is 1. The van der Waals surface area contributed by atoms with Crippen LogP contribution in [-0.2, 0) is 9.59 Å². The lowest BCUT2D eigenvalue weighted by molar-refractivity contribution is -0.133. The van der Waals surface area contributed by atoms with Crippen LogP contribution in [0.25, 0.3) is 0 Å². The van der Waals surface area contributed by atoms with Crippen LogP contribution in [0.4, 0.5) is 5.82 Å². The van der Waals surface area contributed by atoms with Crippen molar-refractivity contribution in [1.29, 1.82) is 0 Å². The van der Waals surface area contributed by atoms with E-state index in [0.717, 1.165) is 25.7 Å². The van der Waals surface area contributed by atoms with E-state index in [2.05, 4.69) is 21.9 Å². The molecule has 1 aromatic heterocycles. The van der Waals surface area contributed by atoms with Crippen molar-refractivity contribution in [2.24, 2.45) is 0 Å². The Kier molecular flexibility index (Phi) is 8.15. The first-order valence-corrected chi connectivity index (χ1v) is 7.69. The van der Waals surface area contributed by atoms with E-state index in [9.17, 15) is 9.59 Å². The average Bonchev–Trinajstić information content (AvgIpc) is 2.94. The van der Waals surface area contributed by atoms with E-state index >= 15 is 0 Å². The zero-order valence-electron chi connectivity index (χ0n) is 11.8. The molecule has 21 heavy (non-hydrogen) atoms. The molecule has 0 saturated heterocycles. The van der Waals surface area contributed by atoms with E-state index in [1.165, 1.54) is 17.2 Å². The van der Waals surface area contributed by atoms with Gasteiger partial charge in [-0.05, 0) is 6.42 Å². The van der Waals surface area contributed by atoms with E-state index in [1.807, 2.05) is 0 Å². The van der Waals surface area contributed by atoms with E-state index < -0.39 is 10.7 Å². The van der Waals surface area contributed by atoms with Crippen LogP contribution in [-0.4, -0.2) is 39.8 Å². The van der Waals surface area contributed by atoms with Gasteiger partial charge >= 0.3 is 0 Å². The topological polar surface area (TPSA) is 75.4 Å². The Hall–Kier alpha value is -1.27. The molecule has 0 bridgehead atoms. The van der Waals surface area contributed by atoms with Gasteiger partial charge in [0.2, 0.25) is 5.91 Å². The van der Waals surface area contributed by atoms with Gasteiger partial charge < -0.3 is 14.7 Å². The second kappa shape index (κ2) is 9.63. The first kappa shape index (κ1) is 17.8. The third-order valence-corrected chi connectivity index (χ3v) is 3.19. The summed E-state index contributed by atoms with van der Waals surface area (Å²) in [6, 6.07) is 1.51. The van der Waals surface area contributed by atoms with Crippen molar-refractivity contribution in [1.82, 2.24) is 10.1 Å². The molecule has 0 spiro atoms. The summed E-state index contributed by atoms with van der Waals surface area (Å²) in [5.74, 6) is -0.543. The summed E-state index contributed by atoms with van der Waals surface area (Å²) in [7, 11) is 0. The number of carbonyl (C=O) groups is 2. The number of alkyl halides is 2. The number of amides is 2. The van der Waals surface area contributed by atoms with Crippen LogP contribution >= 0.6 is 23.2 Å². The molecule has 0 fully saturated rings. The van der Waals surface area contributed by atoms with Crippen LogP contribution in [0.15, 0.2) is 16.9 Å². The van der Waals surface area contributed by atoms with Crippen molar-refractivity contribution in [3.63, 3.8) is 0 Å². The minimum Gasteiger partial charge on any atom is -0.363 e. The standard InChI is InChI=1S/C13H19Cl2N3O3/c1-2-3-4-5-7-18(13(20)12(14)15)9-11(19)16-10-6-8-21-17-10/h6,8,12H,2-5,7,9H2,1H3,(H,16,17,19). The maximum Gasteiger partial charge on any atom is 0.256 e. The average molecular weight is 336 g/mol. The van der Waals surface area contributed by atoms with Crippen LogP contribution < -0.4 is 5.32 Å². The molecule has 0 atom stereocenters. The Labute approximate surface area is 133 Å². The summed E-state index contributed by atoms with van der Waals surface area (Å²) in [4.78, 5) is 23.9. The molecule has 1 N–H and O–H groups in total. The fraction of sp³-hybridized carbons (Fsp3) is 0.615. The number of hydrogen-bond donors (Lipinski definition) is 1. The Morgan fingerprint density at radius 1 is 1.38 bits per heavy atom.